The normalized spacial score (nSPS) is 17.6. The van der Waals surface area contributed by atoms with Crippen LogP contribution in [0.5, 0.6) is 5.75 Å². The number of H-pyrrole nitrogens is 1. The standard InChI is InChI=1S/C25H30N4O6S/c1-34-19-4-2-3-16(9-19)10-26-24(33)22-28-23(32)21-17(14-36-25(21)29-22)13-35-12-15-5-7-18(8-6-15)27-20(31)11-30/h2-4,9,14-15,18,30H,5-8,10-13H2,1H3,(H,26,33)(H,27,31)(H,28,29,32)/t15-,18-. The first-order valence-electron chi connectivity index (χ1n) is 11.9. The van der Waals surface area contributed by atoms with E-state index in [1.165, 1.54) is 11.3 Å². The van der Waals surface area contributed by atoms with Crippen molar-refractivity contribution in [2.24, 2.45) is 5.92 Å². The van der Waals surface area contributed by atoms with E-state index < -0.39 is 12.5 Å². The molecule has 0 bridgehead atoms. The van der Waals surface area contributed by atoms with Crippen LogP contribution in [0.15, 0.2) is 34.4 Å². The number of thiophene rings is 1. The molecule has 0 aliphatic heterocycles. The summed E-state index contributed by atoms with van der Waals surface area (Å²) in [5, 5.41) is 16.7. The summed E-state index contributed by atoms with van der Waals surface area (Å²) in [6, 6.07) is 7.46. The molecule has 10 nitrogen and oxygen atoms in total. The van der Waals surface area contributed by atoms with Gasteiger partial charge in [0, 0.05) is 24.8 Å². The molecule has 0 spiro atoms. The fourth-order valence-corrected chi connectivity index (χ4v) is 5.28. The van der Waals surface area contributed by atoms with Crippen molar-refractivity contribution in [3.8, 4) is 5.75 Å². The van der Waals surface area contributed by atoms with Gasteiger partial charge in [-0.3, -0.25) is 14.4 Å². The molecule has 0 radical (unpaired) electrons. The van der Waals surface area contributed by atoms with E-state index in [1.54, 1.807) is 7.11 Å². The largest absolute Gasteiger partial charge is 0.497 e. The number of amides is 2. The number of aromatic nitrogens is 2. The van der Waals surface area contributed by atoms with Crippen LogP contribution in [0.4, 0.5) is 0 Å². The molecule has 0 atom stereocenters. The summed E-state index contributed by atoms with van der Waals surface area (Å²) in [5.74, 6) is 0.245. The minimum absolute atomic E-state index is 0.0326. The first-order chi connectivity index (χ1) is 17.5. The highest BCUT2D eigenvalue weighted by Crippen LogP contribution is 2.26. The molecule has 1 aliphatic carbocycles. The Labute approximate surface area is 212 Å². The Morgan fingerprint density at radius 1 is 1.25 bits per heavy atom. The Balaban J connectivity index is 1.30. The third-order valence-corrected chi connectivity index (χ3v) is 7.21. The summed E-state index contributed by atoms with van der Waals surface area (Å²) in [5.41, 5.74) is 1.24. The van der Waals surface area contributed by atoms with E-state index in [0.717, 1.165) is 36.8 Å². The predicted molar refractivity (Wildman–Crippen MR) is 135 cm³/mol. The van der Waals surface area contributed by atoms with Gasteiger partial charge in [0.1, 0.15) is 17.2 Å². The lowest BCUT2D eigenvalue weighted by atomic mass is 9.86. The number of aromatic amines is 1. The number of nitrogens with zero attached hydrogens (tertiary/aromatic N) is 1. The maximum absolute atomic E-state index is 12.8. The molecule has 192 valence electrons. The Bertz CT molecular complexity index is 1260. The van der Waals surface area contributed by atoms with Gasteiger partial charge in [-0.2, -0.15) is 0 Å². The van der Waals surface area contributed by atoms with Crippen molar-refractivity contribution in [3.63, 3.8) is 0 Å². The van der Waals surface area contributed by atoms with E-state index >= 15 is 0 Å². The van der Waals surface area contributed by atoms with Crippen LogP contribution < -0.4 is 20.9 Å². The van der Waals surface area contributed by atoms with E-state index in [4.69, 9.17) is 14.6 Å². The highest BCUT2D eigenvalue weighted by Gasteiger charge is 2.23. The molecular weight excluding hydrogens is 484 g/mol. The minimum Gasteiger partial charge on any atom is -0.497 e. The molecule has 2 aromatic heterocycles. The van der Waals surface area contributed by atoms with Crippen molar-refractivity contribution in [2.45, 2.75) is 44.9 Å². The Kier molecular flexibility index (Phi) is 8.68. The Morgan fingerprint density at radius 3 is 2.81 bits per heavy atom. The first-order valence-corrected chi connectivity index (χ1v) is 12.7. The molecule has 11 heteroatoms. The number of carbonyl (C=O) groups excluding carboxylic acids is 2. The van der Waals surface area contributed by atoms with E-state index in [0.29, 0.717) is 28.5 Å². The topological polar surface area (TPSA) is 143 Å². The average molecular weight is 515 g/mol. The maximum Gasteiger partial charge on any atom is 0.287 e. The third kappa shape index (κ3) is 6.48. The van der Waals surface area contributed by atoms with Crippen LogP contribution in [0.25, 0.3) is 10.2 Å². The lowest BCUT2D eigenvalue weighted by molar-refractivity contribution is -0.124. The molecule has 4 N–H and O–H groups in total. The Morgan fingerprint density at radius 2 is 2.06 bits per heavy atom. The van der Waals surface area contributed by atoms with Gasteiger partial charge >= 0.3 is 0 Å². The predicted octanol–water partition coefficient (Wildman–Crippen LogP) is 2.11. The van der Waals surface area contributed by atoms with E-state index in [-0.39, 0.29) is 36.5 Å². The van der Waals surface area contributed by atoms with Crippen LogP contribution in [0.2, 0.25) is 0 Å². The molecule has 1 aromatic carbocycles. The average Bonchev–Trinajstić information content (AvgIpc) is 3.31. The van der Waals surface area contributed by atoms with Gasteiger partial charge in [-0.05, 0) is 54.7 Å². The van der Waals surface area contributed by atoms with Gasteiger partial charge in [-0.1, -0.05) is 12.1 Å². The zero-order valence-corrected chi connectivity index (χ0v) is 20.9. The lowest BCUT2D eigenvalue weighted by Crippen LogP contribution is -2.39. The van der Waals surface area contributed by atoms with Crippen molar-refractivity contribution in [2.75, 3.05) is 20.3 Å². The van der Waals surface area contributed by atoms with Crippen molar-refractivity contribution >= 4 is 33.4 Å². The van der Waals surface area contributed by atoms with Crippen molar-refractivity contribution in [1.82, 2.24) is 20.6 Å². The zero-order valence-electron chi connectivity index (χ0n) is 20.0. The number of rotatable bonds is 10. The van der Waals surface area contributed by atoms with Gasteiger partial charge in [-0.15, -0.1) is 11.3 Å². The number of aliphatic hydroxyl groups is 1. The molecule has 1 saturated carbocycles. The summed E-state index contributed by atoms with van der Waals surface area (Å²) < 4.78 is 11.1. The number of ether oxygens (including phenoxy) is 2. The fourth-order valence-electron chi connectivity index (χ4n) is 4.35. The van der Waals surface area contributed by atoms with Crippen LogP contribution >= 0.6 is 11.3 Å². The first kappa shape index (κ1) is 25.8. The number of benzene rings is 1. The molecule has 4 rings (SSSR count). The second-order valence-electron chi connectivity index (χ2n) is 8.85. The summed E-state index contributed by atoms with van der Waals surface area (Å²) >= 11 is 1.30. The molecule has 3 aromatic rings. The lowest BCUT2D eigenvalue weighted by Gasteiger charge is -2.28. The van der Waals surface area contributed by atoms with Crippen LogP contribution in [-0.2, 0) is 22.7 Å². The number of fused-ring (bicyclic) bond motifs is 1. The third-order valence-electron chi connectivity index (χ3n) is 6.29. The smallest absolute Gasteiger partial charge is 0.287 e. The summed E-state index contributed by atoms with van der Waals surface area (Å²) in [4.78, 5) is 44.1. The van der Waals surface area contributed by atoms with Gasteiger partial charge in [0.2, 0.25) is 11.7 Å². The monoisotopic (exact) mass is 514 g/mol. The molecule has 1 aliphatic rings. The second-order valence-corrected chi connectivity index (χ2v) is 9.71. The van der Waals surface area contributed by atoms with Crippen LogP contribution in [0.3, 0.4) is 0 Å². The quantitative estimate of drug-likeness (QED) is 0.325. The number of nitrogens with one attached hydrogen (secondary N) is 3. The highest BCUT2D eigenvalue weighted by molar-refractivity contribution is 7.16. The number of aliphatic hydroxyl groups excluding tert-OH is 1. The number of hydrogen-bond donors (Lipinski definition) is 4. The minimum atomic E-state index is -0.485. The van der Waals surface area contributed by atoms with Gasteiger partial charge in [0.25, 0.3) is 11.5 Å². The molecule has 0 unspecified atom stereocenters. The fraction of sp³-hybridized carbons (Fsp3) is 0.440. The zero-order chi connectivity index (χ0) is 25.5. The van der Waals surface area contributed by atoms with Crippen LogP contribution in [0, 0.1) is 5.92 Å². The van der Waals surface area contributed by atoms with Crippen molar-refractivity contribution in [1.29, 1.82) is 0 Å². The number of carbonyl (C=O) groups is 2. The SMILES string of the molecule is COc1cccc(CNC(=O)c2nc3scc(COC[C@H]4CC[C@H](NC(=O)CO)CC4)c3c(=O)[nH]2)c1. The van der Waals surface area contributed by atoms with E-state index in [1.807, 2.05) is 29.6 Å². The number of methoxy groups -OCH3 is 1. The van der Waals surface area contributed by atoms with Crippen LogP contribution in [0.1, 0.15) is 47.4 Å². The Hall–Kier alpha value is -3.28. The molecule has 2 heterocycles. The summed E-state index contributed by atoms with van der Waals surface area (Å²) in [6.45, 7) is 0.638. The van der Waals surface area contributed by atoms with Crippen LogP contribution in [-0.4, -0.2) is 53.3 Å². The van der Waals surface area contributed by atoms with Crippen molar-refractivity contribution in [3.05, 3.63) is 57.0 Å². The second kappa shape index (κ2) is 12.1. The van der Waals surface area contributed by atoms with E-state index in [9.17, 15) is 14.4 Å². The van der Waals surface area contributed by atoms with Gasteiger partial charge in [0.15, 0.2) is 0 Å². The maximum atomic E-state index is 12.8. The van der Waals surface area contributed by atoms with Crippen molar-refractivity contribution < 1.29 is 24.2 Å². The summed E-state index contributed by atoms with van der Waals surface area (Å²) in [7, 11) is 1.58. The number of hydrogen-bond acceptors (Lipinski definition) is 8. The van der Waals surface area contributed by atoms with Gasteiger partial charge in [0.05, 0.1) is 19.1 Å². The molecule has 0 saturated heterocycles. The van der Waals surface area contributed by atoms with Gasteiger partial charge in [-0.25, -0.2) is 4.98 Å². The van der Waals surface area contributed by atoms with E-state index in [2.05, 4.69) is 20.6 Å². The molecule has 1 fully saturated rings. The highest BCUT2D eigenvalue weighted by atomic mass is 32.1. The molecule has 2 amide bonds. The molecule has 36 heavy (non-hydrogen) atoms. The summed E-state index contributed by atoms with van der Waals surface area (Å²) in [6.07, 6.45) is 3.56. The van der Waals surface area contributed by atoms with Gasteiger partial charge < -0.3 is 30.2 Å². The molecular formula is C25H30N4O6S.